The summed E-state index contributed by atoms with van der Waals surface area (Å²) < 4.78 is 35.9. The van der Waals surface area contributed by atoms with Crippen molar-refractivity contribution in [3.05, 3.63) is 70.3 Å². The van der Waals surface area contributed by atoms with Crippen molar-refractivity contribution >= 4 is 33.2 Å². The number of aryl methyl sites for hydroxylation is 1. The van der Waals surface area contributed by atoms with Crippen LogP contribution >= 0.6 is 11.6 Å². The van der Waals surface area contributed by atoms with E-state index in [0.29, 0.717) is 42.7 Å². The molecule has 230 valence electrons. The van der Waals surface area contributed by atoms with Crippen LogP contribution in [0.4, 0.5) is 5.69 Å². The Morgan fingerprint density at radius 2 is 1.88 bits per heavy atom. The molecule has 1 amide bonds. The molecule has 2 aromatic rings. The highest BCUT2D eigenvalue weighted by molar-refractivity contribution is 7.90. The zero-order chi connectivity index (χ0) is 29.9. The second-order valence-electron chi connectivity index (χ2n) is 13.6. The fraction of sp³-hybridized carbons (Fsp3) is 0.559. The van der Waals surface area contributed by atoms with E-state index in [1.807, 2.05) is 24.3 Å². The van der Waals surface area contributed by atoms with Crippen LogP contribution in [0.3, 0.4) is 0 Å². The van der Waals surface area contributed by atoms with Gasteiger partial charge in [0.25, 0.3) is 5.91 Å². The zero-order valence-electron chi connectivity index (χ0n) is 24.7. The quantitative estimate of drug-likeness (QED) is 0.399. The Balaban J connectivity index is 1.28. The third kappa shape index (κ3) is 5.48. The summed E-state index contributed by atoms with van der Waals surface area (Å²) in [6.45, 7) is 3.63. The topological polar surface area (TPSA) is 95.9 Å². The molecule has 2 heterocycles. The number of hydrogen-bond acceptors (Lipinski definition) is 6. The number of carbonyl (C=O) groups excluding carboxylic acids is 1. The number of rotatable bonds is 1. The SMILES string of the molecule is C[C@@H]1[C@H](C2CC2)C/C=C/[C@H](O)[C@@H]2CC[C@H]2CN2C[C@@]3(CCCc4cc(Cl)ccc43)COc3ccc(cc32)C(=O)NS1(=O)=O. The molecule has 7 nitrogen and oxygen atoms in total. The molecule has 3 aliphatic carbocycles. The lowest BCUT2D eigenvalue weighted by Crippen LogP contribution is -2.49. The smallest absolute Gasteiger partial charge is 0.264 e. The normalized spacial score (nSPS) is 34.5. The van der Waals surface area contributed by atoms with E-state index in [4.69, 9.17) is 16.3 Å². The summed E-state index contributed by atoms with van der Waals surface area (Å²) in [5.41, 5.74) is 3.37. The number of amides is 1. The third-order valence-corrected chi connectivity index (χ3v) is 13.0. The first-order valence-corrected chi connectivity index (χ1v) is 17.8. The molecule has 0 saturated heterocycles. The van der Waals surface area contributed by atoms with Gasteiger partial charge in [0.05, 0.1) is 23.6 Å². The van der Waals surface area contributed by atoms with Crippen LogP contribution in [0.1, 0.15) is 73.4 Å². The van der Waals surface area contributed by atoms with E-state index in [9.17, 15) is 18.3 Å². The predicted molar refractivity (Wildman–Crippen MR) is 168 cm³/mol. The number of aliphatic hydroxyl groups excluding tert-OH is 1. The Morgan fingerprint density at radius 3 is 2.65 bits per heavy atom. The first-order valence-electron chi connectivity index (χ1n) is 15.8. The van der Waals surface area contributed by atoms with Crippen LogP contribution < -0.4 is 14.4 Å². The van der Waals surface area contributed by atoms with E-state index in [-0.39, 0.29) is 17.3 Å². The van der Waals surface area contributed by atoms with Crippen molar-refractivity contribution in [2.45, 2.75) is 75.1 Å². The summed E-state index contributed by atoms with van der Waals surface area (Å²) in [5, 5.41) is 11.3. The maximum absolute atomic E-state index is 13.5. The molecule has 0 aromatic heterocycles. The van der Waals surface area contributed by atoms with Crippen molar-refractivity contribution < 1.29 is 23.1 Å². The Labute approximate surface area is 259 Å². The van der Waals surface area contributed by atoms with Gasteiger partial charge in [0.1, 0.15) is 5.75 Å². The zero-order valence-corrected chi connectivity index (χ0v) is 26.2. The second kappa shape index (κ2) is 11.1. The Bertz CT molecular complexity index is 1560. The van der Waals surface area contributed by atoms with E-state index in [0.717, 1.165) is 62.2 Å². The lowest BCUT2D eigenvalue weighted by molar-refractivity contribution is 0.0455. The van der Waals surface area contributed by atoms with Crippen LogP contribution in [0.5, 0.6) is 5.75 Å². The van der Waals surface area contributed by atoms with Gasteiger partial charge in [-0.1, -0.05) is 29.8 Å². The van der Waals surface area contributed by atoms with Gasteiger partial charge in [0.15, 0.2) is 0 Å². The highest BCUT2D eigenvalue weighted by atomic mass is 35.5. The summed E-state index contributed by atoms with van der Waals surface area (Å²) in [6.07, 6.45) is 10.8. The van der Waals surface area contributed by atoms with E-state index in [2.05, 4.69) is 21.8 Å². The standard InChI is InChI=1S/C34H41ClN2O5S/c1-21-27(22-7-8-22)5-2-6-31(38)28-12-9-25(28)18-37-19-34(15-3-4-23-16-26(35)11-13-29(23)34)20-42-32-14-10-24(17-30(32)37)33(39)36-43(21,40)41/h2,6,10-11,13-14,16-17,21-22,25,27-28,31,38H,3-5,7-9,12,15,18-20H2,1H3,(H,36,39)/b6-2+/t21-,25+,27-,28-,31+,34+/m1/s1. The molecule has 7 rings (SSSR count). The van der Waals surface area contributed by atoms with Gasteiger partial charge >= 0.3 is 0 Å². The first kappa shape index (κ1) is 29.2. The molecule has 2 aromatic carbocycles. The Morgan fingerprint density at radius 1 is 1.07 bits per heavy atom. The van der Waals surface area contributed by atoms with Gasteiger partial charge in [0, 0.05) is 29.1 Å². The average molecular weight is 625 g/mol. The minimum absolute atomic E-state index is 0.0979. The van der Waals surface area contributed by atoms with Gasteiger partial charge in [-0.05, 0) is 123 Å². The number of aliphatic hydroxyl groups is 1. The molecule has 43 heavy (non-hydrogen) atoms. The summed E-state index contributed by atoms with van der Waals surface area (Å²) in [5.74, 6) is 0.735. The van der Waals surface area contributed by atoms with E-state index < -0.39 is 27.3 Å². The molecule has 2 saturated carbocycles. The summed E-state index contributed by atoms with van der Waals surface area (Å²) in [6, 6.07) is 11.5. The number of nitrogens with one attached hydrogen (secondary N) is 1. The van der Waals surface area contributed by atoms with E-state index in [1.54, 1.807) is 19.1 Å². The molecule has 2 bridgehead atoms. The number of ether oxygens (including phenoxy) is 1. The van der Waals surface area contributed by atoms with Gasteiger partial charge in [-0.15, -0.1) is 0 Å². The van der Waals surface area contributed by atoms with E-state index in [1.165, 1.54) is 11.1 Å². The highest BCUT2D eigenvalue weighted by Crippen LogP contribution is 2.47. The Kier molecular flexibility index (Phi) is 7.54. The van der Waals surface area contributed by atoms with Gasteiger partial charge in [-0.25, -0.2) is 13.1 Å². The minimum atomic E-state index is -3.92. The van der Waals surface area contributed by atoms with Crippen molar-refractivity contribution in [1.29, 1.82) is 0 Å². The number of allylic oxidation sites excluding steroid dienone is 1. The van der Waals surface area contributed by atoms with Crippen LogP contribution in [-0.4, -0.2) is 50.5 Å². The molecule has 1 spiro atoms. The fourth-order valence-corrected chi connectivity index (χ4v) is 9.68. The molecular weight excluding hydrogens is 584 g/mol. The van der Waals surface area contributed by atoms with Crippen LogP contribution in [0, 0.1) is 23.7 Å². The van der Waals surface area contributed by atoms with Crippen LogP contribution in [0.2, 0.25) is 5.02 Å². The first-order chi connectivity index (χ1) is 20.6. The maximum Gasteiger partial charge on any atom is 0.264 e. The summed E-state index contributed by atoms with van der Waals surface area (Å²) in [7, 11) is -3.92. The van der Waals surface area contributed by atoms with Gasteiger partial charge in [-0.3, -0.25) is 4.79 Å². The van der Waals surface area contributed by atoms with Gasteiger partial charge < -0.3 is 14.7 Å². The lowest BCUT2D eigenvalue weighted by atomic mass is 9.68. The number of anilines is 1. The van der Waals surface area contributed by atoms with Crippen LogP contribution in [0.25, 0.3) is 0 Å². The van der Waals surface area contributed by atoms with E-state index >= 15 is 0 Å². The molecule has 2 N–H and O–H groups in total. The molecular formula is C34H41ClN2O5S. The molecule has 6 atom stereocenters. The van der Waals surface area contributed by atoms with Gasteiger partial charge in [0.2, 0.25) is 10.0 Å². The molecule has 2 fully saturated rings. The second-order valence-corrected chi connectivity index (χ2v) is 16.1. The number of carbonyl (C=O) groups is 1. The van der Waals surface area contributed by atoms with Crippen molar-refractivity contribution in [2.24, 2.45) is 23.7 Å². The number of halogens is 1. The minimum Gasteiger partial charge on any atom is -0.490 e. The fourth-order valence-electron chi connectivity index (χ4n) is 8.13. The molecule has 0 radical (unpaired) electrons. The lowest BCUT2D eigenvalue weighted by Gasteiger charge is -2.45. The highest BCUT2D eigenvalue weighted by Gasteiger charge is 2.45. The molecule has 9 heteroatoms. The number of sulfonamides is 1. The maximum atomic E-state index is 13.5. The molecule has 2 aliphatic heterocycles. The largest absolute Gasteiger partial charge is 0.490 e. The monoisotopic (exact) mass is 624 g/mol. The molecule has 5 aliphatic rings. The number of hydrogen-bond donors (Lipinski definition) is 2. The summed E-state index contributed by atoms with van der Waals surface area (Å²) in [4.78, 5) is 15.8. The number of benzene rings is 2. The molecule has 0 unspecified atom stereocenters. The number of fused-ring (bicyclic) bond motifs is 4. The Hall–Kier alpha value is -2.55. The van der Waals surface area contributed by atoms with Gasteiger partial charge in [-0.2, -0.15) is 0 Å². The predicted octanol–water partition coefficient (Wildman–Crippen LogP) is 5.63. The number of nitrogens with zero attached hydrogens (tertiary/aromatic N) is 1. The average Bonchev–Trinajstić information content (AvgIpc) is 3.81. The van der Waals surface area contributed by atoms with Crippen molar-refractivity contribution in [3.63, 3.8) is 0 Å². The summed E-state index contributed by atoms with van der Waals surface area (Å²) >= 11 is 6.40. The van der Waals surface area contributed by atoms with Crippen molar-refractivity contribution in [3.8, 4) is 5.75 Å². The van der Waals surface area contributed by atoms with Crippen molar-refractivity contribution in [1.82, 2.24) is 4.72 Å². The van der Waals surface area contributed by atoms with Crippen LogP contribution in [0.15, 0.2) is 48.6 Å². The third-order valence-electron chi connectivity index (χ3n) is 11.0. The van der Waals surface area contributed by atoms with Crippen molar-refractivity contribution in [2.75, 3.05) is 24.6 Å². The van der Waals surface area contributed by atoms with Crippen LogP contribution in [-0.2, 0) is 21.9 Å².